The van der Waals surface area contributed by atoms with Gasteiger partial charge in [-0.25, -0.2) is 4.52 Å². The van der Waals surface area contributed by atoms with Crippen LogP contribution in [0, 0.1) is 6.92 Å². The lowest BCUT2D eigenvalue weighted by Gasteiger charge is -2.31. The van der Waals surface area contributed by atoms with Crippen molar-refractivity contribution in [2.45, 2.75) is 6.92 Å². The first-order valence-electron chi connectivity index (χ1n) is 11.3. The molecule has 4 aromatic rings. The Hall–Kier alpha value is -4.10. The van der Waals surface area contributed by atoms with Crippen molar-refractivity contribution in [1.82, 2.24) is 34.2 Å². The number of aryl methyl sites for hydroxylation is 2. The average molecular weight is 508 g/mol. The summed E-state index contributed by atoms with van der Waals surface area (Å²) in [5, 5.41) is 14.2. The van der Waals surface area contributed by atoms with E-state index in [1.807, 2.05) is 19.4 Å². The van der Waals surface area contributed by atoms with Crippen molar-refractivity contribution >= 4 is 45.3 Å². The van der Waals surface area contributed by atoms with Gasteiger partial charge < -0.3 is 15.5 Å². The fraction of sp³-hybridized carbons (Fsp3) is 0.304. The molecule has 0 aromatic carbocycles. The molecule has 13 heteroatoms. The first kappa shape index (κ1) is 23.6. The molecule has 3 amide bonds. The van der Waals surface area contributed by atoms with E-state index in [1.54, 1.807) is 45.2 Å². The van der Waals surface area contributed by atoms with Crippen LogP contribution in [-0.4, -0.2) is 85.1 Å². The highest BCUT2D eigenvalue weighted by Crippen LogP contribution is 2.30. The Morgan fingerprint density at radius 1 is 1.08 bits per heavy atom. The van der Waals surface area contributed by atoms with E-state index in [9.17, 15) is 14.4 Å². The van der Waals surface area contributed by atoms with E-state index in [-0.39, 0.29) is 30.8 Å². The molecule has 0 saturated carbocycles. The lowest BCUT2D eigenvalue weighted by Crippen LogP contribution is -2.50. The Labute approximate surface area is 210 Å². The number of nitrogens with zero attached hydrogens (tertiary/aromatic N) is 7. The van der Waals surface area contributed by atoms with Crippen LogP contribution in [0.1, 0.15) is 16.1 Å². The third-order valence-electron chi connectivity index (χ3n) is 5.95. The second-order valence-corrected chi connectivity index (χ2v) is 9.72. The number of aromatic nitrogens is 5. The summed E-state index contributed by atoms with van der Waals surface area (Å²) < 4.78 is 3.39. The fourth-order valence-corrected chi connectivity index (χ4v) is 4.92. The monoisotopic (exact) mass is 507 g/mol. The molecule has 0 bridgehead atoms. The predicted octanol–water partition coefficient (Wildman–Crippen LogP) is 1.46. The van der Waals surface area contributed by atoms with Crippen LogP contribution >= 0.6 is 11.3 Å². The quantitative estimate of drug-likeness (QED) is 0.404. The molecule has 0 atom stereocenters. The first-order valence-corrected chi connectivity index (χ1v) is 12.1. The summed E-state index contributed by atoms with van der Waals surface area (Å²) in [6.45, 7) is 3.30. The standard InChI is InChI=1S/C23H25N9O3S/c1-14-18(6-16(8-24-14)27-20(33)12-31-5-4-29(2)21(34)13-31)28-22(35)17-9-26-32-11-19(36-23(17)32)15-7-25-30(3)10-15/h6-11H,4-5,12-13H2,1-3H3,(H,27,33)(H,28,35). The van der Waals surface area contributed by atoms with Gasteiger partial charge in [0.1, 0.15) is 4.83 Å². The molecular formula is C23H25N9O3S. The summed E-state index contributed by atoms with van der Waals surface area (Å²) in [6.07, 6.45) is 8.60. The zero-order chi connectivity index (χ0) is 25.4. The minimum atomic E-state index is -0.325. The number of likely N-dealkylation sites (N-methyl/N-ethyl adjacent to an activating group) is 1. The molecule has 5 rings (SSSR count). The summed E-state index contributed by atoms with van der Waals surface area (Å²) in [5.74, 6) is -0.590. The second-order valence-electron chi connectivity index (χ2n) is 8.69. The van der Waals surface area contributed by atoms with Crippen LogP contribution in [0.25, 0.3) is 15.3 Å². The first-order chi connectivity index (χ1) is 17.3. The van der Waals surface area contributed by atoms with E-state index in [4.69, 9.17) is 0 Å². The van der Waals surface area contributed by atoms with Crippen LogP contribution in [-0.2, 0) is 16.6 Å². The average Bonchev–Trinajstić information content (AvgIpc) is 3.54. The van der Waals surface area contributed by atoms with Crippen LogP contribution < -0.4 is 10.6 Å². The lowest BCUT2D eigenvalue weighted by molar-refractivity contribution is -0.135. The van der Waals surface area contributed by atoms with Crippen LogP contribution in [0.15, 0.2) is 37.1 Å². The second kappa shape index (κ2) is 9.51. The van der Waals surface area contributed by atoms with Crippen molar-refractivity contribution in [3.05, 3.63) is 48.3 Å². The minimum absolute atomic E-state index is 0.0105. The highest BCUT2D eigenvalue weighted by molar-refractivity contribution is 7.21. The largest absolute Gasteiger partial charge is 0.343 e. The van der Waals surface area contributed by atoms with Gasteiger partial charge in [-0.2, -0.15) is 10.2 Å². The molecule has 1 fully saturated rings. The van der Waals surface area contributed by atoms with E-state index in [0.717, 1.165) is 10.4 Å². The van der Waals surface area contributed by atoms with Crippen molar-refractivity contribution in [3.63, 3.8) is 0 Å². The molecular weight excluding hydrogens is 482 g/mol. The van der Waals surface area contributed by atoms with Crippen molar-refractivity contribution in [2.75, 3.05) is 43.9 Å². The van der Waals surface area contributed by atoms with Gasteiger partial charge >= 0.3 is 0 Å². The van der Waals surface area contributed by atoms with Gasteiger partial charge in [0.05, 0.1) is 59.2 Å². The molecule has 1 saturated heterocycles. The molecule has 2 N–H and O–H groups in total. The van der Waals surface area contributed by atoms with Crippen molar-refractivity contribution in [1.29, 1.82) is 0 Å². The number of thiazole rings is 1. The van der Waals surface area contributed by atoms with Crippen molar-refractivity contribution in [2.24, 2.45) is 7.05 Å². The smallest absolute Gasteiger partial charge is 0.260 e. The maximum Gasteiger partial charge on any atom is 0.260 e. The SMILES string of the molecule is Cc1ncc(NC(=O)CN2CCN(C)C(=O)C2)cc1NC(=O)c1cnn2cc(-c3cnn(C)c3)sc12. The summed E-state index contributed by atoms with van der Waals surface area (Å²) >= 11 is 1.45. The topological polar surface area (TPSA) is 130 Å². The molecule has 1 aliphatic rings. The Kier molecular flexibility index (Phi) is 6.24. The number of fused-ring (bicyclic) bond motifs is 1. The number of anilines is 2. The van der Waals surface area contributed by atoms with E-state index >= 15 is 0 Å². The predicted molar refractivity (Wildman–Crippen MR) is 135 cm³/mol. The molecule has 1 aliphatic heterocycles. The van der Waals surface area contributed by atoms with Crippen LogP contribution in [0.2, 0.25) is 0 Å². The molecule has 4 aromatic heterocycles. The maximum absolute atomic E-state index is 13.1. The third kappa shape index (κ3) is 4.83. The highest BCUT2D eigenvalue weighted by Gasteiger charge is 2.23. The van der Waals surface area contributed by atoms with Crippen LogP contribution in [0.3, 0.4) is 0 Å². The van der Waals surface area contributed by atoms with Gasteiger partial charge in [0.25, 0.3) is 5.91 Å². The summed E-state index contributed by atoms with van der Waals surface area (Å²) in [7, 11) is 3.60. The number of nitrogens with one attached hydrogen (secondary N) is 2. The number of hydrogen-bond donors (Lipinski definition) is 2. The molecule has 0 unspecified atom stereocenters. The van der Waals surface area contributed by atoms with Gasteiger partial charge in [0, 0.05) is 45.1 Å². The van der Waals surface area contributed by atoms with Gasteiger partial charge in [0.15, 0.2) is 0 Å². The van der Waals surface area contributed by atoms with Gasteiger partial charge in [-0.05, 0) is 13.0 Å². The molecule has 36 heavy (non-hydrogen) atoms. The molecule has 12 nitrogen and oxygen atoms in total. The summed E-state index contributed by atoms with van der Waals surface area (Å²) in [6, 6.07) is 1.67. The Morgan fingerprint density at radius 3 is 2.67 bits per heavy atom. The Bertz CT molecular complexity index is 1470. The molecule has 186 valence electrons. The summed E-state index contributed by atoms with van der Waals surface area (Å²) in [5.41, 5.74) is 2.93. The molecule has 5 heterocycles. The summed E-state index contributed by atoms with van der Waals surface area (Å²) in [4.78, 5) is 46.9. The van der Waals surface area contributed by atoms with Crippen molar-refractivity contribution in [3.8, 4) is 10.4 Å². The lowest BCUT2D eigenvalue weighted by atomic mass is 10.2. The number of rotatable bonds is 6. The number of carbonyl (C=O) groups is 3. The number of piperazine rings is 1. The Balaban J connectivity index is 1.27. The fourth-order valence-electron chi connectivity index (χ4n) is 3.89. The minimum Gasteiger partial charge on any atom is -0.343 e. The third-order valence-corrected chi connectivity index (χ3v) is 7.11. The van der Waals surface area contributed by atoms with Crippen LogP contribution in [0.4, 0.5) is 11.4 Å². The van der Waals surface area contributed by atoms with Gasteiger partial charge in [-0.3, -0.25) is 28.9 Å². The van der Waals surface area contributed by atoms with Gasteiger partial charge in [-0.15, -0.1) is 11.3 Å². The number of amides is 3. The number of hydrogen-bond acceptors (Lipinski definition) is 8. The zero-order valence-electron chi connectivity index (χ0n) is 20.1. The molecule has 0 spiro atoms. The highest BCUT2D eigenvalue weighted by atomic mass is 32.1. The van der Waals surface area contributed by atoms with Gasteiger partial charge in [-0.1, -0.05) is 0 Å². The van der Waals surface area contributed by atoms with E-state index in [0.29, 0.717) is 40.6 Å². The van der Waals surface area contributed by atoms with Crippen molar-refractivity contribution < 1.29 is 14.4 Å². The zero-order valence-corrected chi connectivity index (χ0v) is 20.9. The van der Waals surface area contributed by atoms with E-state index < -0.39 is 0 Å². The number of carbonyl (C=O) groups excluding carboxylic acids is 3. The Morgan fingerprint density at radius 2 is 1.92 bits per heavy atom. The maximum atomic E-state index is 13.1. The molecule has 0 aliphatic carbocycles. The molecule has 0 radical (unpaired) electrons. The van der Waals surface area contributed by atoms with E-state index in [1.165, 1.54) is 23.7 Å². The number of pyridine rings is 1. The normalized spacial score (nSPS) is 14.4. The van der Waals surface area contributed by atoms with Gasteiger partial charge in [0.2, 0.25) is 11.8 Å². The van der Waals surface area contributed by atoms with E-state index in [2.05, 4.69) is 25.8 Å². The van der Waals surface area contributed by atoms with Crippen LogP contribution in [0.5, 0.6) is 0 Å².